The largest absolute Gasteiger partial charge is 0.360 e. The van der Waals surface area contributed by atoms with E-state index in [0.717, 1.165) is 11.1 Å². The van der Waals surface area contributed by atoms with E-state index < -0.39 is 0 Å². The Balaban J connectivity index is 2.10. The molecule has 116 valence electrons. The predicted octanol–water partition coefficient (Wildman–Crippen LogP) is 2.59. The summed E-state index contributed by atoms with van der Waals surface area (Å²) >= 11 is 0. The molecule has 0 saturated carbocycles. The smallest absolute Gasteiger partial charge is 0.244 e. The number of hydrogen-bond donors (Lipinski definition) is 1. The van der Waals surface area contributed by atoms with Crippen LogP contribution < -0.4 is 10.2 Å². The summed E-state index contributed by atoms with van der Waals surface area (Å²) in [6.45, 7) is 6.91. The van der Waals surface area contributed by atoms with Gasteiger partial charge in [0.1, 0.15) is 12.3 Å². The predicted molar refractivity (Wildman–Crippen MR) is 83.8 cm³/mol. The van der Waals surface area contributed by atoms with Gasteiger partial charge in [0, 0.05) is 18.7 Å². The van der Waals surface area contributed by atoms with Gasteiger partial charge in [0.05, 0.1) is 0 Å². The van der Waals surface area contributed by atoms with Gasteiger partial charge in [-0.3, -0.25) is 14.5 Å². The third-order valence-corrected chi connectivity index (χ3v) is 3.08. The molecular formula is C16H19N3O3. The quantitative estimate of drug-likeness (QED) is 0.941. The second-order valence-electron chi connectivity index (χ2n) is 5.33. The summed E-state index contributed by atoms with van der Waals surface area (Å²) in [5.74, 6) is 0.348. The number of rotatable bonds is 4. The van der Waals surface area contributed by atoms with Crippen molar-refractivity contribution in [3.05, 3.63) is 41.2 Å². The van der Waals surface area contributed by atoms with Crippen LogP contribution in [0.1, 0.15) is 23.8 Å². The standard InChI is InChI=1S/C16H19N3O3/c1-10-5-11(2)7-14(6-10)17-16(21)9-19(13(4)20)15-8-12(3)22-18-15/h5-8H,9H2,1-4H3,(H,17,21). The fourth-order valence-electron chi connectivity index (χ4n) is 2.23. The Morgan fingerprint density at radius 3 is 2.27 bits per heavy atom. The van der Waals surface area contributed by atoms with Crippen molar-refractivity contribution in [3.63, 3.8) is 0 Å². The summed E-state index contributed by atoms with van der Waals surface area (Å²) in [5, 5.41) is 6.57. The molecule has 2 rings (SSSR count). The number of aryl methyl sites for hydroxylation is 3. The average molecular weight is 301 g/mol. The Bertz CT molecular complexity index is 686. The minimum Gasteiger partial charge on any atom is -0.360 e. The van der Waals surface area contributed by atoms with Gasteiger partial charge in [-0.2, -0.15) is 0 Å². The third-order valence-electron chi connectivity index (χ3n) is 3.08. The molecule has 0 atom stereocenters. The lowest BCUT2D eigenvalue weighted by molar-refractivity contribution is -0.120. The Morgan fingerprint density at radius 1 is 1.14 bits per heavy atom. The van der Waals surface area contributed by atoms with Crippen LogP contribution in [0.4, 0.5) is 11.5 Å². The number of nitrogens with zero attached hydrogens (tertiary/aromatic N) is 2. The van der Waals surface area contributed by atoms with Crippen LogP contribution in [0, 0.1) is 20.8 Å². The summed E-state index contributed by atoms with van der Waals surface area (Å²) in [6.07, 6.45) is 0. The Morgan fingerprint density at radius 2 is 1.77 bits per heavy atom. The first kappa shape index (κ1) is 15.8. The molecule has 6 heteroatoms. The molecule has 2 aromatic rings. The minimum atomic E-state index is -0.291. The Labute approximate surface area is 129 Å². The van der Waals surface area contributed by atoms with Crippen molar-refractivity contribution in [1.82, 2.24) is 5.16 Å². The molecule has 0 aliphatic rings. The molecular weight excluding hydrogens is 282 g/mol. The van der Waals surface area contributed by atoms with Crippen LogP contribution in [0.3, 0.4) is 0 Å². The zero-order valence-corrected chi connectivity index (χ0v) is 13.1. The van der Waals surface area contributed by atoms with Crippen molar-refractivity contribution in [2.75, 3.05) is 16.8 Å². The van der Waals surface area contributed by atoms with E-state index in [1.54, 1.807) is 13.0 Å². The van der Waals surface area contributed by atoms with E-state index in [2.05, 4.69) is 10.5 Å². The molecule has 0 fully saturated rings. The highest BCUT2D eigenvalue weighted by molar-refractivity contribution is 6.01. The normalized spacial score (nSPS) is 10.4. The molecule has 0 bridgehead atoms. The monoisotopic (exact) mass is 301 g/mol. The van der Waals surface area contributed by atoms with Gasteiger partial charge in [-0.15, -0.1) is 0 Å². The summed E-state index contributed by atoms with van der Waals surface area (Å²) in [6, 6.07) is 7.40. The van der Waals surface area contributed by atoms with Crippen LogP contribution in [-0.2, 0) is 9.59 Å². The van der Waals surface area contributed by atoms with Gasteiger partial charge >= 0.3 is 0 Å². The second kappa shape index (κ2) is 6.43. The van der Waals surface area contributed by atoms with Crippen LogP contribution in [0.15, 0.2) is 28.8 Å². The van der Waals surface area contributed by atoms with E-state index in [4.69, 9.17) is 4.52 Å². The highest BCUT2D eigenvalue weighted by atomic mass is 16.5. The van der Waals surface area contributed by atoms with Gasteiger partial charge in [-0.25, -0.2) is 0 Å². The highest BCUT2D eigenvalue weighted by Gasteiger charge is 2.19. The molecule has 1 heterocycles. The van der Waals surface area contributed by atoms with Crippen LogP contribution in [0.2, 0.25) is 0 Å². The van der Waals surface area contributed by atoms with Gasteiger partial charge in [0.15, 0.2) is 5.82 Å². The number of hydrogen-bond acceptors (Lipinski definition) is 4. The van der Waals surface area contributed by atoms with E-state index >= 15 is 0 Å². The average Bonchev–Trinajstić information content (AvgIpc) is 2.80. The number of carbonyl (C=O) groups excluding carboxylic acids is 2. The van der Waals surface area contributed by atoms with Crippen molar-refractivity contribution in [1.29, 1.82) is 0 Å². The molecule has 1 N–H and O–H groups in total. The second-order valence-corrected chi connectivity index (χ2v) is 5.33. The number of aromatic nitrogens is 1. The van der Waals surface area contributed by atoms with Crippen LogP contribution in [0.5, 0.6) is 0 Å². The lowest BCUT2D eigenvalue weighted by Crippen LogP contribution is -2.36. The number of benzene rings is 1. The lowest BCUT2D eigenvalue weighted by Gasteiger charge is -2.17. The molecule has 2 amide bonds. The molecule has 22 heavy (non-hydrogen) atoms. The summed E-state index contributed by atoms with van der Waals surface area (Å²) in [7, 11) is 0. The molecule has 1 aromatic heterocycles. The van der Waals surface area contributed by atoms with Gasteiger partial charge in [-0.1, -0.05) is 11.2 Å². The molecule has 0 unspecified atom stereocenters. The van der Waals surface area contributed by atoms with Crippen molar-refractivity contribution < 1.29 is 14.1 Å². The molecule has 0 spiro atoms. The van der Waals surface area contributed by atoms with Gasteiger partial charge in [0.25, 0.3) is 0 Å². The first-order valence-corrected chi connectivity index (χ1v) is 6.94. The molecule has 0 aliphatic carbocycles. The van der Waals surface area contributed by atoms with Gasteiger partial charge in [-0.05, 0) is 44.0 Å². The maximum atomic E-state index is 12.2. The van der Waals surface area contributed by atoms with E-state index in [0.29, 0.717) is 17.3 Å². The lowest BCUT2D eigenvalue weighted by atomic mass is 10.1. The zero-order valence-electron chi connectivity index (χ0n) is 13.1. The van der Waals surface area contributed by atoms with Crippen LogP contribution in [0.25, 0.3) is 0 Å². The van der Waals surface area contributed by atoms with Crippen molar-refractivity contribution in [2.45, 2.75) is 27.7 Å². The number of carbonyl (C=O) groups is 2. The summed E-state index contributed by atoms with van der Waals surface area (Å²) in [4.78, 5) is 25.2. The summed E-state index contributed by atoms with van der Waals surface area (Å²) < 4.78 is 4.95. The van der Waals surface area contributed by atoms with Crippen molar-refractivity contribution in [3.8, 4) is 0 Å². The molecule has 0 aliphatic heterocycles. The zero-order chi connectivity index (χ0) is 16.3. The van der Waals surface area contributed by atoms with E-state index in [9.17, 15) is 9.59 Å². The number of amides is 2. The minimum absolute atomic E-state index is 0.117. The van der Waals surface area contributed by atoms with E-state index in [1.807, 2.05) is 32.0 Å². The molecule has 0 saturated heterocycles. The fourth-order valence-corrected chi connectivity index (χ4v) is 2.23. The van der Waals surface area contributed by atoms with E-state index in [-0.39, 0.29) is 18.4 Å². The highest BCUT2D eigenvalue weighted by Crippen LogP contribution is 2.16. The Hall–Kier alpha value is -2.63. The summed E-state index contributed by atoms with van der Waals surface area (Å²) in [5.41, 5.74) is 2.83. The van der Waals surface area contributed by atoms with Crippen LogP contribution >= 0.6 is 0 Å². The van der Waals surface area contributed by atoms with Crippen molar-refractivity contribution >= 4 is 23.3 Å². The van der Waals surface area contributed by atoms with E-state index in [1.165, 1.54) is 11.8 Å². The SMILES string of the molecule is CC(=O)N(CC(=O)Nc1cc(C)cc(C)c1)c1cc(C)on1. The number of anilines is 2. The van der Waals surface area contributed by atoms with Crippen LogP contribution in [-0.4, -0.2) is 23.5 Å². The Kier molecular flexibility index (Phi) is 4.60. The first-order valence-electron chi connectivity index (χ1n) is 6.94. The molecule has 1 aromatic carbocycles. The maximum absolute atomic E-state index is 12.2. The fraction of sp³-hybridized carbons (Fsp3) is 0.312. The molecule has 0 radical (unpaired) electrons. The maximum Gasteiger partial charge on any atom is 0.244 e. The third kappa shape index (κ3) is 3.94. The first-order chi connectivity index (χ1) is 10.3. The van der Waals surface area contributed by atoms with Gasteiger partial charge < -0.3 is 9.84 Å². The van der Waals surface area contributed by atoms with Crippen molar-refractivity contribution in [2.24, 2.45) is 0 Å². The van der Waals surface area contributed by atoms with Gasteiger partial charge in [0.2, 0.25) is 11.8 Å². The number of nitrogens with one attached hydrogen (secondary N) is 1. The topological polar surface area (TPSA) is 75.4 Å². The molecule has 6 nitrogen and oxygen atoms in total.